The Morgan fingerprint density at radius 2 is 0.967 bits per heavy atom. The maximum atomic E-state index is 12.0. The van der Waals surface area contributed by atoms with E-state index in [0.717, 1.165) is 14.2 Å². The van der Waals surface area contributed by atoms with Crippen LogP contribution in [0.15, 0.2) is 21.9 Å². The molecule has 0 aliphatic heterocycles. The topological polar surface area (TPSA) is 146 Å². The van der Waals surface area contributed by atoms with Gasteiger partial charge in [-0.3, -0.25) is 9.11 Å². The number of methoxy groups -OCH3 is 4. The van der Waals surface area contributed by atoms with Gasteiger partial charge in [-0.15, -0.1) is 0 Å². The minimum Gasteiger partial charge on any atom is -0.495 e. The number of halogens is 2. The molecular formula is C16H16Cl2O10S2. The quantitative estimate of drug-likeness (QED) is 0.540. The predicted octanol–water partition coefficient (Wildman–Crippen LogP) is 3.19. The first-order chi connectivity index (χ1) is 13.8. The van der Waals surface area contributed by atoms with Gasteiger partial charge in [-0.05, 0) is 12.1 Å². The molecule has 0 fully saturated rings. The van der Waals surface area contributed by atoms with Gasteiger partial charge in [0.1, 0.15) is 33.0 Å². The van der Waals surface area contributed by atoms with E-state index in [1.54, 1.807) is 0 Å². The lowest BCUT2D eigenvalue weighted by Gasteiger charge is -2.20. The summed E-state index contributed by atoms with van der Waals surface area (Å²) in [6, 6.07) is 2.43. The molecule has 10 nitrogen and oxygen atoms in total. The summed E-state index contributed by atoms with van der Waals surface area (Å²) in [6.45, 7) is 0. The summed E-state index contributed by atoms with van der Waals surface area (Å²) in [4.78, 5) is -1.66. The zero-order valence-electron chi connectivity index (χ0n) is 15.9. The van der Waals surface area contributed by atoms with Gasteiger partial charge < -0.3 is 18.9 Å². The van der Waals surface area contributed by atoms with E-state index in [1.807, 2.05) is 0 Å². The smallest absolute Gasteiger partial charge is 0.299 e. The van der Waals surface area contributed by atoms with E-state index in [2.05, 4.69) is 0 Å². The van der Waals surface area contributed by atoms with Crippen LogP contribution in [0.1, 0.15) is 0 Å². The standard InChI is InChI=1S/C16H16Cl2O10S2/c1-25-9-5-7(13(27-3)15(11(9)17)29(19,20)21)8-6-10(26-2)12(18)16(14(8)28-4)30(22,23)24/h5-6H,1-4H3,(H,19,20,21)(H,22,23,24). The van der Waals surface area contributed by atoms with Crippen molar-refractivity contribution >= 4 is 43.4 Å². The van der Waals surface area contributed by atoms with E-state index < -0.39 is 51.6 Å². The maximum Gasteiger partial charge on any atom is 0.299 e. The van der Waals surface area contributed by atoms with Crippen molar-refractivity contribution in [2.45, 2.75) is 9.79 Å². The highest BCUT2D eigenvalue weighted by Gasteiger charge is 2.33. The SMILES string of the molecule is COc1cc(-c2cc(OC)c(Cl)c(S(=O)(=O)O)c2OC)c(OC)c(S(=O)(=O)O)c1Cl. The monoisotopic (exact) mass is 502 g/mol. The lowest BCUT2D eigenvalue weighted by Crippen LogP contribution is -2.08. The summed E-state index contributed by atoms with van der Waals surface area (Å²) < 4.78 is 87.6. The highest BCUT2D eigenvalue weighted by Crippen LogP contribution is 2.51. The average Bonchev–Trinajstić information content (AvgIpc) is 2.64. The highest BCUT2D eigenvalue weighted by atomic mass is 35.5. The van der Waals surface area contributed by atoms with E-state index >= 15 is 0 Å². The van der Waals surface area contributed by atoms with Crippen molar-refractivity contribution in [1.29, 1.82) is 0 Å². The second-order valence-corrected chi connectivity index (χ2v) is 9.03. The van der Waals surface area contributed by atoms with E-state index in [4.69, 9.17) is 42.1 Å². The van der Waals surface area contributed by atoms with Crippen molar-refractivity contribution in [2.24, 2.45) is 0 Å². The fraction of sp³-hybridized carbons (Fsp3) is 0.250. The number of benzene rings is 2. The molecule has 0 atom stereocenters. The lowest BCUT2D eigenvalue weighted by molar-refractivity contribution is 0.383. The molecule has 2 aromatic carbocycles. The van der Waals surface area contributed by atoms with Crippen LogP contribution >= 0.6 is 23.2 Å². The molecule has 2 aromatic rings. The van der Waals surface area contributed by atoms with Crippen LogP contribution in [0, 0.1) is 0 Å². The molecule has 0 saturated carbocycles. The maximum absolute atomic E-state index is 12.0. The normalized spacial score (nSPS) is 11.9. The Hall–Kier alpha value is -1.96. The summed E-state index contributed by atoms with van der Waals surface area (Å²) >= 11 is 12.1. The van der Waals surface area contributed by atoms with Crippen LogP contribution in [0.4, 0.5) is 0 Å². The van der Waals surface area contributed by atoms with Crippen LogP contribution in [0.2, 0.25) is 10.0 Å². The number of rotatable bonds is 7. The zero-order valence-corrected chi connectivity index (χ0v) is 19.0. The first-order valence-corrected chi connectivity index (χ1v) is 11.3. The average molecular weight is 503 g/mol. The molecule has 0 spiro atoms. The van der Waals surface area contributed by atoms with Gasteiger partial charge in [0.15, 0.2) is 9.79 Å². The van der Waals surface area contributed by atoms with Gasteiger partial charge in [0.2, 0.25) is 0 Å². The third kappa shape index (κ3) is 4.24. The molecule has 14 heteroatoms. The van der Waals surface area contributed by atoms with Gasteiger partial charge in [0.05, 0.1) is 28.4 Å². The van der Waals surface area contributed by atoms with Crippen molar-refractivity contribution in [2.75, 3.05) is 28.4 Å². The molecule has 0 radical (unpaired) electrons. The van der Waals surface area contributed by atoms with E-state index in [-0.39, 0.29) is 22.6 Å². The summed E-state index contributed by atoms with van der Waals surface area (Å²) in [7, 11) is -5.28. The fourth-order valence-corrected chi connectivity index (χ4v) is 5.28. The molecule has 0 bridgehead atoms. The van der Waals surface area contributed by atoms with Gasteiger partial charge in [-0.2, -0.15) is 16.8 Å². The largest absolute Gasteiger partial charge is 0.495 e. The summed E-state index contributed by atoms with van der Waals surface area (Å²) in [5.41, 5.74) is -0.244. The molecule has 0 amide bonds. The van der Waals surface area contributed by atoms with Gasteiger partial charge in [0, 0.05) is 11.1 Å². The van der Waals surface area contributed by atoms with Crippen LogP contribution in [0.25, 0.3) is 11.1 Å². The molecule has 0 unspecified atom stereocenters. The Kier molecular flexibility index (Phi) is 7.01. The molecule has 2 N–H and O–H groups in total. The first-order valence-electron chi connectivity index (χ1n) is 7.67. The minimum absolute atomic E-state index is 0.122. The molecule has 30 heavy (non-hydrogen) atoms. The van der Waals surface area contributed by atoms with Crippen molar-refractivity contribution < 1.29 is 44.9 Å². The second kappa shape index (κ2) is 8.65. The first kappa shape index (κ1) is 24.3. The molecule has 0 aliphatic rings. The van der Waals surface area contributed by atoms with Crippen molar-refractivity contribution in [3.63, 3.8) is 0 Å². The third-order valence-corrected chi connectivity index (χ3v) is 6.72. The summed E-state index contributed by atoms with van der Waals surface area (Å²) in [5.74, 6) is -1.28. The van der Waals surface area contributed by atoms with E-state index in [0.29, 0.717) is 0 Å². The van der Waals surface area contributed by atoms with Crippen LogP contribution in [-0.2, 0) is 20.2 Å². The Balaban J connectivity index is 3.19. The van der Waals surface area contributed by atoms with Gasteiger partial charge in [-0.1, -0.05) is 23.2 Å². The lowest BCUT2D eigenvalue weighted by atomic mass is 10.0. The number of hydrogen-bond acceptors (Lipinski definition) is 8. The molecule has 0 aliphatic carbocycles. The zero-order chi connectivity index (χ0) is 23.0. The van der Waals surface area contributed by atoms with Crippen molar-refractivity contribution in [1.82, 2.24) is 0 Å². The Morgan fingerprint density at radius 3 is 1.17 bits per heavy atom. The van der Waals surface area contributed by atoms with Crippen LogP contribution in [0.3, 0.4) is 0 Å². The Morgan fingerprint density at radius 1 is 0.667 bits per heavy atom. The summed E-state index contributed by atoms with van der Waals surface area (Å²) in [5, 5.41) is -0.953. The van der Waals surface area contributed by atoms with Crippen molar-refractivity contribution in [3.8, 4) is 34.1 Å². The fourth-order valence-electron chi connectivity index (χ4n) is 2.75. The van der Waals surface area contributed by atoms with Gasteiger partial charge in [0.25, 0.3) is 20.2 Å². The Bertz CT molecular complexity index is 1110. The molecule has 0 saturated heterocycles. The van der Waals surface area contributed by atoms with Gasteiger partial charge in [-0.25, -0.2) is 0 Å². The third-order valence-electron chi connectivity index (χ3n) is 3.94. The number of hydrogen-bond donors (Lipinski definition) is 2. The Labute approximate surface area is 182 Å². The van der Waals surface area contributed by atoms with Crippen LogP contribution in [0.5, 0.6) is 23.0 Å². The second-order valence-electron chi connectivity index (χ2n) is 5.56. The molecule has 0 heterocycles. The molecule has 2 rings (SSSR count). The molecule has 0 aromatic heterocycles. The van der Waals surface area contributed by atoms with E-state index in [1.165, 1.54) is 26.4 Å². The van der Waals surface area contributed by atoms with Crippen molar-refractivity contribution in [3.05, 3.63) is 22.2 Å². The van der Waals surface area contributed by atoms with Crippen LogP contribution < -0.4 is 18.9 Å². The summed E-state index contributed by atoms with van der Waals surface area (Å²) in [6.07, 6.45) is 0. The predicted molar refractivity (Wildman–Crippen MR) is 108 cm³/mol. The number of ether oxygens (including phenoxy) is 4. The van der Waals surface area contributed by atoms with Crippen LogP contribution in [-0.4, -0.2) is 54.4 Å². The highest BCUT2D eigenvalue weighted by molar-refractivity contribution is 7.86. The molecular weight excluding hydrogens is 487 g/mol. The minimum atomic E-state index is -4.92. The molecule has 166 valence electrons. The van der Waals surface area contributed by atoms with Gasteiger partial charge >= 0.3 is 0 Å². The van der Waals surface area contributed by atoms with E-state index in [9.17, 15) is 25.9 Å².